The summed E-state index contributed by atoms with van der Waals surface area (Å²) in [5.74, 6) is 0. The number of hydrogen-bond donors (Lipinski definition) is 0. The number of thiophene rings is 1. The highest BCUT2D eigenvalue weighted by Crippen LogP contribution is 2.39. The molecular weight excluding hydrogens is 307 g/mol. The molecule has 3 heteroatoms. The number of benzene rings is 1. The fourth-order valence-electron chi connectivity index (χ4n) is 1.46. The summed E-state index contributed by atoms with van der Waals surface area (Å²) in [7, 11) is 0. The number of rotatable bonds is 2. The molecule has 0 amide bonds. The van der Waals surface area contributed by atoms with Crippen LogP contribution >= 0.6 is 33.9 Å². The van der Waals surface area contributed by atoms with Crippen molar-refractivity contribution in [2.24, 2.45) is 0 Å². The smallest absolute Gasteiger partial charge is 0.177 e. The van der Waals surface area contributed by atoms with Crippen molar-refractivity contribution in [1.82, 2.24) is 0 Å². The van der Waals surface area contributed by atoms with Gasteiger partial charge in [-0.15, -0.1) is 0 Å². The zero-order valence-electron chi connectivity index (χ0n) is 8.13. The second-order valence-corrected chi connectivity index (χ2v) is 5.21. The number of hydrogen-bond acceptors (Lipinski definition) is 2. The quantitative estimate of drug-likeness (QED) is 0.754. The Morgan fingerprint density at radius 2 is 2.21 bits per heavy atom. The molecule has 0 spiro atoms. The van der Waals surface area contributed by atoms with Gasteiger partial charge in [-0.2, -0.15) is 0 Å². The van der Waals surface area contributed by atoms with E-state index in [9.17, 15) is 0 Å². The van der Waals surface area contributed by atoms with Crippen molar-refractivity contribution in [2.45, 2.75) is 13.8 Å². The first-order chi connectivity index (χ1) is 6.74. The number of aryl methyl sites for hydroxylation is 1. The molecule has 0 fully saturated rings. The van der Waals surface area contributed by atoms with Gasteiger partial charge in [0.15, 0.2) is 5.06 Å². The Kier molecular flexibility index (Phi) is 2.97. The first-order valence-electron chi connectivity index (χ1n) is 4.54. The van der Waals surface area contributed by atoms with Crippen LogP contribution in [0.3, 0.4) is 0 Å². The first-order valence-corrected chi connectivity index (χ1v) is 6.44. The molecule has 1 heterocycles. The van der Waals surface area contributed by atoms with Crippen LogP contribution in [0.25, 0.3) is 10.1 Å². The van der Waals surface area contributed by atoms with Crippen LogP contribution in [0.2, 0.25) is 0 Å². The van der Waals surface area contributed by atoms with Gasteiger partial charge in [-0.1, -0.05) is 23.5 Å². The second kappa shape index (κ2) is 4.06. The average Bonchev–Trinajstić information content (AvgIpc) is 2.48. The maximum Gasteiger partial charge on any atom is 0.177 e. The first kappa shape index (κ1) is 10.2. The van der Waals surface area contributed by atoms with Gasteiger partial charge >= 0.3 is 0 Å². The van der Waals surface area contributed by atoms with E-state index >= 15 is 0 Å². The second-order valence-electron chi connectivity index (χ2n) is 3.06. The highest BCUT2D eigenvalue weighted by Gasteiger charge is 2.10. The summed E-state index contributed by atoms with van der Waals surface area (Å²) in [6.45, 7) is 4.89. The van der Waals surface area contributed by atoms with Crippen molar-refractivity contribution in [3.63, 3.8) is 0 Å². The van der Waals surface area contributed by atoms with E-state index in [4.69, 9.17) is 4.74 Å². The Labute approximate surface area is 101 Å². The van der Waals surface area contributed by atoms with E-state index in [-0.39, 0.29) is 0 Å². The van der Waals surface area contributed by atoms with E-state index < -0.39 is 0 Å². The minimum atomic E-state index is 0.740. The summed E-state index contributed by atoms with van der Waals surface area (Å²) in [5.41, 5.74) is 1.27. The predicted octanol–water partition coefficient (Wildman–Crippen LogP) is 4.21. The molecule has 0 N–H and O–H groups in total. The monoisotopic (exact) mass is 318 g/mol. The summed E-state index contributed by atoms with van der Waals surface area (Å²) < 4.78 is 8.24. The highest BCUT2D eigenvalue weighted by atomic mass is 127. The van der Waals surface area contributed by atoms with E-state index in [1.54, 1.807) is 11.3 Å². The molecule has 0 aliphatic rings. The summed E-state index contributed by atoms with van der Waals surface area (Å²) in [4.78, 5) is 0. The molecule has 1 nitrogen and oxygen atoms in total. The van der Waals surface area contributed by atoms with E-state index in [0.717, 1.165) is 11.7 Å². The summed E-state index contributed by atoms with van der Waals surface area (Å²) >= 11 is 4.12. The van der Waals surface area contributed by atoms with Crippen molar-refractivity contribution in [1.29, 1.82) is 0 Å². The lowest BCUT2D eigenvalue weighted by atomic mass is 10.2. The van der Waals surface area contributed by atoms with Crippen molar-refractivity contribution >= 4 is 44.0 Å². The minimum Gasteiger partial charge on any atom is -0.484 e. The SMILES string of the molecule is CCOc1sc2c(I)cccc2c1C. The zero-order valence-corrected chi connectivity index (χ0v) is 11.1. The minimum absolute atomic E-state index is 0.740. The lowest BCUT2D eigenvalue weighted by molar-refractivity contribution is 0.348. The molecule has 1 aromatic carbocycles. The summed E-state index contributed by atoms with van der Waals surface area (Å²) in [6.07, 6.45) is 0. The Morgan fingerprint density at radius 1 is 1.43 bits per heavy atom. The van der Waals surface area contributed by atoms with Gasteiger partial charge in [0.2, 0.25) is 0 Å². The van der Waals surface area contributed by atoms with Crippen LogP contribution in [0.15, 0.2) is 18.2 Å². The average molecular weight is 318 g/mol. The third-order valence-corrected chi connectivity index (χ3v) is 4.67. The van der Waals surface area contributed by atoms with Gasteiger partial charge in [-0.3, -0.25) is 0 Å². The third kappa shape index (κ3) is 1.63. The fraction of sp³-hybridized carbons (Fsp3) is 0.273. The number of halogens is 1. The van der Waals surface area contributed by atoms with Gasteiger partial charge in [0.25, 0.3) is 0 Å². The van der Waals surface area contributed by atoms with Crippen LogP contribution in [0.5, 0.6) is 5.06 Å². The Bertz CT molecular complexity index is 462. The van der Waals surface area contributed by atoms with Crippen LogP contribution in [-0.4, -0.2) is 6.61 Å². The molecule has 0 saturated heterocycles. The molecule has 14 heavy (non-hydrogen) atoms. The Morgan fingerprint density at radius 3 is 2.86 bits per heavy atom. The van der Waals surface area contributed by atoms with Crippen molar-refractivity contribution in [3.05, 3.63) is 27.3 Å². The van der Waals surface area contributed by atoms with Crippen LogP contribution in [0.4, 0.5) is 0 Å². The maximum atomic E-state index is 5.59. The molecule has 0 radical (unpaired) electrons. The molecule has 0 aliphatic heterocycles. The van der Waals surface area contributed by atoms with Gasteiger partial charge in [0.05, 0.1) is 11.3 Å². The Balaban J connectivity index is 2.67. The topological polar surface area (TPSA) is 9.23 Å². The largest absolute Gasteiger partial charge is 0.484 e. The summed E-state index contributed by atoms with van der Waals surface area (Å²) in [5, 5.41) is 2.39. The van der Waals surface area contributed by atoms with E-state index in [1.807, 2.05) is 6.92 Å². The molecule has 0 bridgehead atoms. The van der Waals surface area contributed by atoms with Crippen molar-refractivity contribution in [3.8, 4) is 5.06 Å². The van der Waals surface area contributed by atoms with Gasteiger partial charge in [0.1, 0.15) is 0 Å². The molecule has 1 aromatic heterocycles. The van der Waals surface area contributed by atoms with E-state index in [2.05, 4.69) is 47.7 Å². The number of ether oxygens (including phenoxy) is 1. The molecule has 0 aliphatic carbocycles. The van der Waals surface area contributed by atoms with E-state index in [1.165, 1.54) is 19.2 Å². The van der Waals surface area contributed by atoms with Crippen LogP contribution < -0.4 is 4.74 Å². The zero-order chi connectivity index (χ0) is 10.1. The van der Waals surface area contributed by atoms with Gasteiger partial charge in [-0.25, -0.2) is 0 Å². The Hall–Kier alpha value is -0.290. The molecular formula is C11H11IOS. The maximum absolute atomic E-state index is 5.59. The number of fused-ring (bicyclic) bond motifs is 1. The van der Waals surface area contributed by atoms with Crippen molar-refractivity contribution in [2.75, 3.05) is 6.61 Å². The lowest BCUT2D eigenvalue weighted by Crippen LogP contribution is -1.89. The van der Waals surface area contributed by atoms with Gasteiger partial charge < -0.3 is 4.74 Å². The molecule has 2 aromatic rings. The molecule has 0 unspecified atom stereocenters. The standard InChI is InChI=1S/C11H11IOS/c1-3-13-11-7(2)8-5-4-6-9(12)10(8)14-11/h4-6H,3H2,1-2H3. The van der Waals surface area contributed by atoms with Gasteiger partial charge in [-0.05, 0) is 42.5 Å². The molecule has 2 rings (SSSR count). The van der Waals surface area contributed by atoms with Crippen molar-refractivity contribution < 1.29 is 4.74 Å². The summed E-state index contributed by atoms with van der Waals surface area (Å²) in [6, 6.07) is 6.39. The normalized spacial score (nSPS) is 10.8. The molecule has 0 atom stereocenters. The fourth-order valence-corrected chi connectivity index (χ4v) is 3.41. The van der Waals surface area contributed by atoms with Crippen LogP contribution in [-0.2, 0) is 0 Å². The van der Waals surface area contributed by atoms with E-state index in [0.29, 0.717) is 0 Å². The highest BCUT2D eigenvalue weighted by molar-refractivity contribution is 14.1. The van der Waals surface area contributed by atoms with Gasteiger partial charge in [0, 0.05) is 14.5 Å². The van der Waals surface area contributed by atoms with Crippen LogP contribution in [0.1, 0.15) is 12.5 Å². The lowest BCUT2D eigenvalue weighted by Gasteiger charge is -1.98. The third-order valence-electron chi connectivity index (χ3n) is 2.15. The molecule has 0 saturated carbocycles. The molecule has 74 valence electrons. The van der Waals surface area contributed by atoms with Crippen LogP contribution in [0, 0.1) is 10.5 Å². The predicted molar refractivity (Wildman–Crippen MR) is 70.4 cm³/mol.